The molecule has 0 bridgehead atoms. The average Bonchev–Trinajstić information content (AvgIpc) is 2.30. The largest absolute Gasteiger partial charge is 0.335 e. The van der Waals surface area contributed by atoms with Crippen LogP contribution in [0.4, 0.5) is 10.5 Å². The van der Waals surface area contributed by atoms with E-state index in [0.717, 1.165) is 4.90 Å². The molecule has 7 heteroatoms. The van der Waals surface area contributed by atoms with Gasteiger partial charge in [-0.15, -0.1) is 0 Å². The number of nitrogens with one attached hydrogen (secondary N) is 1. The lowest BCUT2D eigenvalue weighted by atomic mass is 9.88. The number of rotatable bonds is 1. The molecule has 19 heavy (non-hydrogen) atoms. The predicted molar refractivity (Wildman–Crippen MR) is 74.0 cm³/mol. The van der Waals surface area contributed by atoms with Crippen molar-refractivity contribution >= 4 is 51.1 Å². The molecule has 0 atom stereocenters. The van der Waals surface area contributed by atoms with E-state index in [2.05, 4.69) is 21.2 Å². The van der Waals surface area contributed by atoms with Gasteiger partial charge in [0.1, 0.15) is 5.41 Å². The number of halogens is 2. The summed E-state index contributed by atoms with van der Waals surface area (Å²) >= 11 is 9.07. The third-order valence-corrected chi connectivity index (χ3v) is 3.75. The van der Waals surface area contributed by atoms with Crippen LogP contribution in [0, 0.1) is 5.41 Å². The predicted octanol–water partition coefficient (Wildman–Crippen LogP) is 2.71. The maximum Gasteiger partial charge on any atom is 0.335 e. The molecule has 1 fully saturated rings. The SMILES string of the molecule is CC1(C)C(=O)NC(=O)N(c2ccc(Cl)cc2Br)C1=O. The molecule has 1 heterocycles. The van der Waals surface area contributed by atoms with Gasteiger partial charge in [0.05, 0.1) is 5.69 Å². The molecular weight excluding hydrogens is 336 g/mol. The van der Waals surface area contributed by atoms with Gasteiger partial charge < -0.3 is 0 Å². The number of anilines is 1. The molecule has 1 aromatic carbocycles. The molecule has 1 aliphatic rings. The summed E-state index contributed by atoms with van der Waals surface area (Å²) in [5.41, 5.74) is -0.958. The van der Waals surface area contributed by atoms with E-state index in [4.69, 9.17) is 11.6 Å². The topological polar surface area (TPSA) is 66.5 Å². The number of amides is 4. The molecule has 1 aliphatic heterocycles. The zero-order valence-electron chi connectivity index (χ0n) is 10.2. The normalized spacial score (nSPS) is 18.5. The maximum absolute atomic E-state index is 12.3. The Kier molecular flexibility index (Phi) is 3.40. The van der Waals surface area contributed by atoms with E-state index in [1.165, 1.54) is 19.9 Å². The summed E-state index contributed by atoms with van der Waals surface area (Å²) in [5, 5.41) is 2.63. The number of urea groups is 1. The second-order valence-corrected chi connectivity index (χ2v) is 5.91. The second-order valence-electron chi connectivity index (χ2n) is 4.62. The quantitative estimate of drug-likeness (QED) is 0.796. The van der Waals surface area contributed by atoms with Crippen molar-refractivity contribution in [1.82, 2.24) is 5.32 Å². The molecule has 0 saturated carbocycles. The van der Waals surface area contributed by atoms with E-state index >= 15 is 0 Å². The number of barbiturate groups is 1. The summed E-state index contributed by atoms with van der Waals surface area (Å²) in [6.07, 6.45) is 0. The fraction of sp³-hybridized carbons (Fsp3) is 0.250. The Balaban J connectivity index is 2.52. The van der Waals surface area contributed by atoms with Gasteiger partial charge in [-0.05, 0) is 48.0 Å². The fourth-order valence-electron chi connectivity index (χ4n) is 1.66. The number of benzene rings is 1. The zero-order valence-corrected chi connectivity index (χ0v) is 12.5. The molecule has 1 N–H and O–H groups in total. The molecule has 0 spiro atoms. The van der Waals surface area contributed by atoms with Crippen molar-refractivity contribution in [2.45, 2.75) is 13.8 Å². The lowest BCUT2D eigenvalue weighted by molar-refractivity contribution is -0.140. The van der Waals surface area contributed by atoms with Crippen LogP contribution in [0.15, 0.2) is 22.7 Å². The van der Waals surface area contributed by atoms with E-state index in [1.807, 2.05) is 0 Å². The van der Waals surface area contributed by atoms with Crippen LogP contribution in [-0.4, -0.2) is 17.8 Å². The molecule has 1 saturated heterocycles. The van der Waals surface area contributed by atoms with Crippen LogP contribution in [-0.2, 0) is 9.59 Å². The van der Waals surface area contributed by atoms with Crippen LogP contribution in [0.2, 0.25) is 5.02 Å². The molecule has 0 aromatic heterocycles. The van der Waals surface area contributed by atoms with Crippen LogP contribution < -0.4 is 10.2 Å². The first-order valence-corrected chi connectivity index (χ1v) is 6.57. The van der Waals surface area contributed by atoms with Crippen LogP contribution in [0.5, 0.6) is 0 Å². The van der Waals surface area contributed by atoms with Gasteiger partial charge in [0.15, 0.2) is 0 Å². The van der Waals surface area contributed by atoms with Gasteiger partial charge in [0.25, 0.3) is 0 Å². The van der Waals surface area contributed by atoms with Crippen LogP contribution >= 0.6 is 27.5 Å². The van der Waals surface area contributed by atoms with Gasteiger partial charge in [-0.1, -0.05) is 11.6 Å². The summed E-state index contributed by atoms with van der Waals surface area (Å²) in [7, 11) is 0. The minimum atomic E-state index is -1.30. The number of nitrogens with zero attached hydrogens (tertiary/aromatic N) is 1. The van der Waals surface area contributed by atoms with Crippen molar-refractivity contribution in [2.24, 2.45) is 5.41 Å². The monoisotopic (exact) mass is 344 g/mol. The first kappa shape index (κ1) is 14.0. The Morgan fingerprint density at radius 2 is 1.89 bits per heavy atom. The van der Waals surface area contributed by atoms with Gasteiger partial charge in [-0.2, -0.15) is 0 Å². The Bertz CT molecular complexity index is 601. The molecule has 100 valence electrons. The van der Waals surface area contributed by atoms with Crippen molar-refractivity contribution in [3.8, 4) is 0 Å². The summed E-state index contributed by atoms with van der Waals surface area (Å²) in [4.78, 5) is 36.7. The van der Waals surface area contributed by atoms with Crippen molar-refractivity contribution in [1.29, 1.82) is 0 Å². The Morgan fingerprint density at radius 3 is 2.47 bits per heavy atom. The highest BCUT2D eigenvalue weighted by molar-refractivity contribution is 9.10. The lowest BCUT2D eigenvalue weighted by Gasteiger charge is -2.34. The highest BCUT2D eigenvalue weighted by Crippen LogP contribution is 2.34. The smallest absolute Gasteiger partial charge is 0.276 e. The van der Waals surface area contributed by atoms with E-state index in [9.17, 15) is 14.4 Å². The van der Waals surface area contributed by atoms with Crippen LogP contribution in [0.1, 0.15) is 13.8 Å². The molecule has 5 nitrogen and oxygen atoms in total. The van der Waals surface area contributed by atoms with Crippen molar-refractivity contribution in [3.05, 3.63) is 27.7 Å². The van der Waals surface area contributed by atoms with Gasteiger partial charge in [-0.25, -0.2) is 9.69 Å². The molecule has 0 radical (unpaired) electrons. The second kappa shape index (κ2) is 4.61. The molecule has 0 unspecified atom stereocenters. The Hall–Kier alpha value is -1.40. The van der Waals surface area contributed by atoms with Crippen LogP contribution in [0.25, 0.3) is 0 Å². The van der Waals surface area contributed by atoms with E-state index in [-0.39, 0.29) is 0 Å². The number of carbonyl (C=O) groups is 3. The molecule has 0 aliphatic carbocycles. The first-order chi connectivity index (χ1) is 8.75. The van der Waals surface area contributed by atoms with Crippen molar-refractivity contribution in [2.75, 3.05) is 4.90 Å². The van der Waals surface area contributed by atoms with Gasteiger partial charge in [-0.3, -0.25) is 14.9 Å². The van der Waals surface area contributed by atoms with Crippen molar-refractivity contribution < 1.29 is 14.4 Å². The average molecular weight is 346 g/mol. The number of hydrogen-bond donors (Lipinski definition) is 1. The number of carbonyl (C=O) groups excluding carboxylic acids is 3. The summed E-state index contributed by atoms with van der Waals surface area (Å²) in [6.45, 7) is 2.93. The van der Waals surface area contributed by atoms with Gasteiger partial charge >= 0.3 is 6.03 Å². The molecule has 1 aromatic rings. The number of hydrogen-bond acceptors (Lipinski definition) is 3. The highest BCUT2D eigenvalue weighted by Gasteiger charge is 2.47. The molecule has 4 amide bonds. The van der Waals surface area contributed by atoms with E-state index in [1.54, 1.807) is 12.1 Å². The third-order valence-electron chi connectivity index (χ3n) is 2.88. The minimum absolute atomic E-state index is 0.340. The maximum atomic E-state index is 12.3. The van der Waals surface area contributed by atoms with Crippen LogP contribution in [0.3, 0.4) is 0 Å². The Morgan fingerprint density at radius 1 is 1.26 bits per heavy atom. The summed E-state index contributed by atoms with van der Waals surface area (Å²) < 4.78 is 0.494. The Labute approximate surface area is 123 Å². The first-order valence-electron chi connectivity index (χ1n) is 5.40. The summed E-state index contributed by atoms with van der Waals surface area (Å²) in [6, 6.07) is 3.90. The van der Waals surface area contributed by atoms with Crippen molar-refractivity contribution in [3.63, 3.8) is 0 Å². The highest BCUT2D eigenvalue weighted by atomic mass is 79.9. The minimum Gasteiger partial charge on any atom is -0.276 e. The fourth-order valence-corrected chi connectivity index (χ4v) is 2.52. The number of imide groups is 2. The van der Waals surface area contributed by atoms with E-state index in [0.29, 0.717) is 15.2 Å². The van der Waals surface area contributed by atoms with Gasteiger partial charge in [0.2, 0.25) is 11.8 Å². The van der Waals surface area contributed by atoms with Gasteiger partial charge in [0, 0.05) is 9.50 Å². The lowest BCUT2D eigenvalue weighted by Crippen LogP contribution is -2.62. The van der Waals surface area contributed by atoms with E-state index < -0.39 is 23.3 Å². The molecule has 2 rings (SSSR count). The third kappa shape index (κ3) is 2.26. The molecular formula is C12H10BrClN2O3. The standard InChI is InChI=1S/C12H10BrClN2O3/c1-12(2)9(17)15-11(19)16(10(12)18)8-4-3-6(14)5-7(8)13/h3-5H,1-2H3,(H,15,17,19). The zero-order chi connectivity index (χ0) is 14.4. The summed E-state index contributed by atoms with van der Waals surface area (Å²) in [5.74, 6) is -1.19.